The smallest absolute Gasteiger partial charge is 0.251 e. The van der Waals surface area contributed by atoms with Gasteiger partial charge in [0.05, 0.1) is 12.1 Å². The van der Waals surface area contributed by atoms with Gasteiger partial charge in [0.25, 0.3) is 5.91 Å². The van der Waals surface area contributed by atoms with Crippen LogP contribution in [0.1, 0.15) is 35.3 Å². The van der Waals surface area contributed by atoms with E-state index in [2.05, 4.69) is 36.5 Å². The van der Waals surface area contributed by atoms with Gasteiger partial charge in [-0.2, -0.15) is 0 Å². The Morgan fingerprint density at radius 3 is 2.07 bits per heavy atom. The SMILES string of the molecule is CCOc1ccc(C(=O)NC(C)(Cc2ccccc2)c2ccccc2)cc1. The van der Waals surface area contributed by atoms with E-state index in [1.54, 1.807) is 12.1 Å². The fourth-order valence-corrected chi connectivity index (χ4v) is 3.22. The van der Waals surface area contributed by atoms with E-state index in [1.807, 2.05) is 55.5 Å². The van der Waals surface area contributed by atoms with E-state index < -0.39 is 5.54 Å². The molecule has 0 saturated carbocycles. The lowest BCUT2D eigenvalue weighted by Gasteiger charge is -2.32. The molecule has 0 spiro atoms. The molecule has 138 valence electrons. The molecule has 3 rings (SSSR count). The van der Waals surface area contributed by atoms with Gasteiger partial charge in [-0.15, -0.1) is 0 Å². The first-order chi connectivity index (χ1) is 13.1. The Morgan fingerprint density at radius 2 is 1.48 bits per heavy atom. The summed E-state index contributed by atoms with van der Waals surface area (Å²) >= 11 is 0. The van der Waals surface area contributed by atoms with E-state index >= 15 is 0 Å². The molecule has 3 heteroatoms. The van der Waals surface area contributed by atoms with Crippen LogP contribution in [0.4, 0.5) is 0 Å². The molecule has 3 aromatic rings. The lowest BCUT2D eigenvalue weighted by atomic mass is 9.85. The second-order valence-electron chi connectivity index (χ2n) is 6.77. The molecule has 1 N–H and O–H groups in total. The molecule has 27 heavy (non-hydrogen) atoms. The highest BCUT2D eigenvalue weighted by Crippen LogP contribution is 2.26. The van der Waals surface area contributed by atoms with Crippen LogP contribution in [0.2, 0.25) is 0 Å². The van der Waals surface area contributed by atoms with Gasteiger partial charge < -0.3 is 10.1 Å². The van der Waals surface area contributed by atoms with Gasteiger partial charge in [-0.3, -0.25) is 4.79 Å². The van der Waals surface area contributed by atoms with Crippen molar-refractivity contribution in [3.8, 4) is 5.75 Å². The van der Waals surface area contributed by atoms with Crippen LogP contribution < -0.4 is 10.1 Å². The summed E-state index contributed by atoms with van der Waals surface area (Å²) in [4.78, 5) is 12.9. The molecule has 1 unspecified atom stereocenters. The maximum absolute atomic E-state index is 12.9. The molecular formula is C24H25NO2. The Kier molecular flexibility index (Phi) is 5.92. The van der Waals surface area contributed by atoms with Gasteiger partial charge in [-0.05, 0) is 55.7 Å². The Bertz CT molecular complexity index is 860. The highest BCUT2D eigenvalue weighted by atomic mass is 16.5. The van der Waals surface area contributed by atoms with Gasteiger partial charge >= 0.3 is 0 Å². The van der Waals surface area contributed by atoms with Gasteiger partial charge in [0.15, 0.2) is 0 Å². The van der Waals surface area contributed by atoms with Gasteiger partial charge in [0, 0.05) is 5.56 Å². The van der Waals surface area contributed by atoms with Crippen molar-refractivity contribution >= 4 is 5.91 Å². The quantitative estimate of drug-likeness (QED) is 0.646. The predicted octanol–water partition coefficient (Wildman–Crippen LogP) is 4.97. The standard InChI is InChI=1S/C24H25NO2/c1-3-27-22-16-14-20(15-17-22)23(26)25-24(2,21-12-8-5-9-13-21)18-19-10-6-4-7-11-19/h4-17H,3,18H2,1-2H3,(H,25,26). The molecule has 0 aromatic heterocycles. The number of rotatable bonds is 7. The minimum absolute atomic E-state index is 0.0969. The van der Waals surface area contributed by atoms with Gasteiger partial charge in [-0.1, -0.05) is 60.7 Å². The number of carbonyl (C=O) groups excluding carboxylic acids is 1. The molecule has 0 bridgehead atoms. The van der Waals surface area contributed by atoms with E-state index in [0.29, 0.717) is 18.6 Å². The summed E-state index contributed by atoms with van der Waals surface area (Å²) in [5.41, 5.74) is 2.36. The Hall–Kier alpha value is -3.07. The summed E-state index contributed by atoms with van der Waals surface area (Å²) in [6.07, 6.45) is 0.709. The van der Waals surface area contributed by atoms with Gasteiger partial charge in [-0.25, -0.2) is 0 Å². The number of benzene rings is 3. The monoisotopic (exact) mass is 359 g/mol. The number of ether oxygens (including phenoxy) is 1. The van der Waals surface area contributed by atoms with Crippen molar-refractivity contribution < 1.29 is 9.53 Å². The zero-order valence-electron chi connectivity index (χ0n) is 15.8. The average molecular weight is 359 g/mol. The third-order valence-electron chi connectivity index (χ3n) is 4.63. The van der Waals surface area contributed by atoms with Crippen molar-refractivity contribution in [1.29, 1.82) is 0 Å². The molecule has 3 aromatic carbocycles. The van der Waals surface area contributed by atoms with Crippen LogP contribution in [-0.4, -0.2) is 12.5 Å². The van der Waals surface area contributed by atoms with E-state index in [9.17, 15) is 4.79 Å². The first-order valence-corrected chi connectivity index (χ1v) is 9.25. The maximum Gasteiger partial charge on any atom is 0.251 e. The molecule has 3 nitrogen and oxygen atoms in total. The molecule has 0 aliphatic rings. The van der Waals surface area contributed by atoms with Crippen molar-refractivity contribution in [2.75, 3.05) is 6.61 Å². The highest BCUT2D eigenvalue weighted by molar-refractivity contribution is 5.94. The van der Waals surface area contributed by atoms with Gasteiger partial charge in [0.2, 0.25) is 0 Å². The molecule has 0 radical (unpaired) electrons. The molecule has 0 fully saturated rings. The molecule has 1 atom stereocenters. The summed E-state index contributed by atoms with van der Waals surface area (Å²) in [6, 6.07) is 27.6. The lowest BCUT2D eigenvalue weighted by molar-refractivity contribution is 0.0904. The normalized spacial score (nSPS) is 12.8. The second kappa shape index (κ2) is 8.54. The van der Waals surface area contributed by atoms with Crippen molar-refractivity contribution in [2.45, 2.75) is 25.8 Å². The first-order valence-electron chi connectivity index (χ1n) is 9.25. The van der Waals surface area contributed by atoms with Crippen LogP contribution in [0.3, 0.4) is 0 Å². The molecule has 0 heterocycles. The Labute approximate surface area is 161 Å². The minimum Gasteiger partial charge on any atom is -0.494 e. The van der Waals surface area contributed by atoms with Crippen LogP contribution >= 0.6 is 0 Å². The number of carbonyl (C=O) groups is 1. The van der Waals surface area contributed by atoms with E-state index in [4.69, 9.17) is 4.74 Å². The summed E-state index contributed by atoms with van der Waals surface area (Å²) in [5, 5.41) is 3.25. The maximum atomic E-state index is 12.9. The summed E-state index contributed by atoms with van der Waals surface area (Å²) in [7, 11) is 0. The lowest BCUT2D eigenvalue weighted by Crippen LogP contribution is -2.45. The van der Waals surface area contributed by atoms with Crippen molar-refractivity contribution in [3.63, 3.8) is 0 Å². The fraction of sp³-hybridized carbons (Fsp3) is 0.208. The average Bonchev–Trinajstić information content (AvgIpc) is 2.70. The van der Waals surface area contributed by atoms with Crippen molar-refractivity contribution in [2.24, 2.45) is 0 Å². The van der Waals surface area contributed by atoms with E-state index in [1.165, 1.54) is 5.56 Å². The van der Waals surface area contributed by atoms with Crippen molar-refractivity contribution in [3.05, 3.63) is 102 Å². The van der Waals surface area contributed by atoms with Crippen LogP contribution in [0, 0.1) is 0 Å². The summed E-state index contributed by atoms with van der Waals surface area (Å²) in [6.45, 7) is 4.62. The summed E-state index contributed by atoms with van der Waals surface area (Å²) < 4.78 is 5.46. The minimum atomic E-state index is -0.516. The van der Waals surface area contributed by atoms with Crippen LogP contribution in [0.5, 0.6) is 5.75 Å². The van der Waals surface area contributed by atoms with E-state index in [-0.39, 0.29) is 5.91 Å². The van der Waals surface area contributed by atoms with Crippen LogP contribution in [0.15, 0.2) is 84.9 Å². The number of nitrogens with one attached hydrogen (secondary N) is 1. The van der Waals surface area contributed by atoms with Crippen LogP contribution in [0.25, 0.3) is 0 Å². The van der Waals surface area contributed by atoms with E-state index in [0.717, 1.165) is 11.3 Å². The summed E-state index contributed by atoms with van der Waals surface area (Å²) in [5.74, 6) is 0.671. The zero-order chi connectivity index (χ0) is 19.1. The van der Waals surface area contributed by atoms with Crippen LogP contribution in [-0.2, 0) is 12.0 Å². The van der Waals surface area contributed by atoms with Gasteiger partial charge in [0.1, 0.15) is 5.75 Å². The molecular weight excluding hydrogens is 334 g/mol. The highest BCUT2D eigenvalue weighted by Gasteiger charge is 2.29. The first kappa shape index (κ1) is 18.7. The molecule has 0 aliphatic heterocycles. The second-order valence-corrected chi connectivity index (χ2v) is 6.77. The Balaban J connectivity index is 1.85. The van der Waals surface area contributed by atoms with Crippen molar-refractivity contribution in [1.82, 2.24) is 5.32 Å². The number of amides is 1. The predicted molar refractivity (Wildman–Crippen MR) is 109 cm³/mol. The zero-order valence-corrected chi connectivity index (χ0v) is 15.8. The third-order valence-corrected chi connectivity index (χ3v) is 4.63. The number of hydrogen-bond donors (Lipinski definition) is 1. The largest absolute Gasteiger partial charge is 0.494 e. The Morgan fingerprint density at radius 1 is 0.889 bits per heavy atom. The topological polar surface area (TPSA) is 38.3 Å². The molecule has 0 aliphatic carbocycles. The third kappa shape index (κ3) is 4.76. The molecule has 0 saturated heterocycles. The fourth-order valence-electron chi connectivity index (χ4n) is 3.22. The number of hydrogen-bond acceptors (Lipinski definition) is 2. The molecule has 1 amide bonds.